The molecule has 3 aromatic rings. The molecule has 4 rings (SSSR count). The van der Waals surface area contributed by atoms with E-state index in [1.165, 1.54) is 11.1 Å². The fraction of sp³-hybridized carbons (Fsp3) is 0.412. The first kappa shape index (κ1) is 14.9. The number of H-pyrrole nitrogens is 1. The molecule has 0 aliphatic heterocycles. The molecular weight excluding hydrogens is 302 g/mol. The molecule has 1 aliphatic rings. The van der Waals surface area contributed by atoms with Gasteiger partial charge >= 0.3 is 0 Å². The number of aromatic nitrogens is 6. The smallest absolute Gasteiger partial charge is 0.182 e. The fourth-order valence-electron chi connectivity index (χ4n) is 3.01. The Labute approximate surface area is 140 Å². The third-order valence-corrected chi connectivity index (χ3v) is 4.58. The highest BCUT2D eigenvalue weighted by Gasteiger charge is 2.28. The van der Waals surface area contributed by atoms with E-state index >= 15 is 0 Å². The number of tetrazole rings is 1. The zero-order chi connectivity index (χ0) is 16.7. The summed E-state index contributed by atoms with van der Waals surface area (Å²) in [6.07, 6.45) is 4.19. The molecule has 0 amide bonds. The van der Waals surface area contributed by atoms with Crippen molar-refractivity contribution in [1.82, 2.24) is 30.4 Å². The standard InChI is InChI=1S/C17H21N7/c1-10-4-5-13(19-11(2)16-9-18-20-12(16)3)8-15(10)17-21-22-23-24(17)14-6-7-14/h4-5,8-9,11,14,19H,6-7H2,1-3H3,(H,18,20). The minimum Gasteiger partial charge on any atom is -0.378 e. The van der Waals surface area contributed by atoms with E-state index in [1.54, 1.807) is 0 Å². The molecule has 124 valence electrons. The SMILES string of the molecule is Cc1ccc(NC(C)c2cn[nH]c2C)cc1-c1nnnn1C1CC1. The van der Waals surface area contributed by atoms with Crippen molar-refractivity contribution in [2.45, 2.75) is 45.7 Å². The van der Waals surface area contributed by atoms with Crippen LogP contribution in [0.5, 0.6) is 0 Å². The molecule has 2 heterocycles. The first-order valence-corrected chi connectivity index (χ1v) is 8.29. The highest BCUT2D eigenvalue weighted by molar-refractivity contribution is 5.66. The summed E-state index contributed by atoms with van der Waals surface area (Å²) in [4.78, 5) is 0. The van der Waals surface area contributed by atoms with Crippen molar-refractivity contribution in [2.75, 3.05) is 5.32 Å². The Morgan fingerprint density at radius 2 is 2.12 bits per heavy atom. The summed E-state index contributed by atoms with van der Waals surface area (Å²) in [5, 5.41) is 22.9. The predicted octanol–water partition coefficient (Wildman–Crippen LogP) is 3.19. The van der Waals surface area contributed by atoms with E-state index in [0.29, 0.717) is 6.04 Å². The van der Waals surface area contributed by atoms with Crippen LogP contribution in [0.2, 0.25) is 0 Å². The summed E-state index contributed by atoms with van der Waals surface area (Å²) in [6.45, 7) is 6.26. The maximum absolute atomic E-state index is 4.25. The van der Waals surface area contributed by atoms with Crippen molar-refractivity contribution < 1.29 is 0 Å². The Balaban J connectivity index is 1.64. The van der Waals surface area contributed by atoms with E-state index < -0.39 is 0 Å². The number of rotatable bonds is 5. The van der Waals surface area contributed by atoms with Crippen LogP contribution in [-0.4, -0.2) is 30.4 Å². The number of anilines is 1. The number of benzene rings is 1. The molecule has 1 aliphatic carbocycles. The molecule has 24 heavy (non-hydrogen) atoms. The van der Waals surface area contributed by atoms with Gasteiger partial charge in [0.2, 0.25) is 0 Å². The van der Waals surface area contributed by atoms with Crippen LogP contribution in [0.3, 0.4) is 0 Å². The monoisotopic (exact) mass is 323 g/mol. The van der Waals surface area contributed by atoms with Gasteiger partial charge in [0.25, 0.3) is 0 Å². The number of hydrogen-bond acceptors (Lipinski definition) is 5. The maximum atomic E-state index is 4.25. The first-order chi connectivity index (χ1) is 11.6. The lowest BCUT2D eigenvalue weighted by Crippen LogP contribution is -2.08. The van der Waals surface area contributed by atoms with Crippen LogP contribution in [0, 0.1) is 13.8 Å². The zero-order valence-electron chi connectivity index (χ0n) is 14.1. The van der Waals surface area contributed by atoms with Gasteiger partial charge in [-0.2, -0.15) is 5.10 Å². The Morgan fingerprint density at radius 1 is 1.29 bits per heavy atom. The quantitative estimate of drug-likeness (QED) is 0.753. The first-order valence-electron chi connectivity index (χ1n) is 8.29. The second-order valence-corrected chi connectivity index (χ2v) is 6.52. The maximum Gasteiger partial charge on any atom is 0.182 e. The highest BCUT2D eigenvalue weighted by atomic mass is 15.6. The molecule has 2 N–H and O–H groups in total. The predicted molar refractivity (Wildman–Crippen MR) is 91.6 cm³/mol. The number of aromatic amines is 1. The van der Waals surface area contributed by atoms with Gasteiger partial charge in [-0.15, -0.1) is 5.10 Å². The number of nitrogens with one attached hydrogen (secondary N) is 2. The van der Waals surface area contributed by atoms with Gasteiger partial charge in [-0.25, -0.2) is 4.68 Å². The lowest BCUT2D eigenvalue weighted by molar-refractivity contribution is 0.615. The molecule has 2 aromatic heterocycles. The van der Waals surface area contributed by atoms with E-state index in [9.17, 15) is 0 Å². The van der Waals surface area contributed by atoms with Crippen molar-refractivity contribution in [3.8, 4) is 11.4 Å². The van der Waals surface area contributed by atoms with Gasteiger partial charge in [0.1, 0.15) is 0 Å². The summed E-state index contributed by atoms with van der Waals surface area (Å²) in [5.74, 6) is 0.853. The molecular formula is C17H21N7. The van der Waals surface area contributed by atoms with Gasteiger partial charge in [-0.3, -0.25) is 5.10 Å². The van der Waals surface area contributed by atoms with Crippen molar-refractivity contribution in [2.24, 2.45) is 0 Å². The fourth-order valence-corrected chi connectivity index (χ4v) is 3.01. The Kier molecular flexibility index (Phi) is 3.55. The minimum atomic E-state index is 0.165. The lowest BCUT2D eigenvalue weighted by Gasteiger charge is -2.16. The minimum absolute atomic E-state index is 0.165. The van der Waals surface area contributed by atoms with Gasteiger partial charge in [0.15, 0.2) is 5.82 Å². The van der Waals surface area contributed by atoms with E-state index in [4.69, 9.17) is 0 Å². The number of aryl methyl sites for hydroxylation is 2. The van der Waals surface area contributed by atoms with Crippen molar-refractivity contribution in [3.05, 3.63) is 41.2 Å². The molecule has 1 fully saturated rings. The van der Waals surface area contributed by atoms with Crippen LogP contribution in [0.1, 0.15) is 48.7 Å². The van der Waals surface area contributed by atoms with Crippen LogP contribution in [0.25, 0.3) is 11.4 Å². The van der Waals surface area contributed by atoms with Crippen molar-refractivity contribution in [3.63, 3.8) is 0 Å². The van der Waals surface area contributed by atoms with E-state index in [0.717, 1.165) is 35.6 Å². The Bertz CT molecular complexity index is 859. The van der Waals surface area contributed by atoms with E-state index in [-0.39, 0.29) is 6.04 Å². The second kappa shape index (κ2) is 5.74. The van der Waals surface area contributed by atoms with Crippen LogP contribution < -0.4 is 5.32 Å². The largest absolute Gasteiger partial charge is 0.378 e. The van der Waals surface area contributed by atoms with Gasteiger partial charge < -0.3 is 5.32 Å². The third kappa shape index (κ3) is 2.66. The van der Waals surface area contributed by atoms with Crippen molar-refractivity contribution >= 4 is 5.69 Å². The summed E-state index contributed by atoms with van der Waals surface area (Å²) >= 11 is 0. The van der Waals surface area contributed by atoms with Crippen LogP contribution >= 0.6 is 0 Å². The molecule has 1 saturated carbocycles. The van der Waals surface area contributed by atoms with Crippen LogP contribution in [-0.2, 0) is 0 Å². The summed E-state index contributed by atoms with van der Waals surface area (Å²) in [5.41, 5.74) is 5.55. The molecule has 7 heteroatoms. The number of nitrogens with zero attached hydrogens (tertiary/aromatic N) is 5. The number of hydrogen-bond donors (Lipinski definition) is 2. The molecule has 0 saturated heterocycles. The molecule has 1 aromatic carbocycles. The van der Waals surface area contributed by atoms with Crippen molar-refractivity contribution in [1.29, 1.82) is 0 Å². The van der Waals surface area contributed by atoms with Gasteiger partial charge in [0, 0.05) is 22.5 Å². The third-order valence-electron chi connectivity index (χ3n) is 4.58. The average Bonchev–Trinajstić information content (AvgIpc) is 3.13. The summed E-state index contributed by atoms with van der Waals surface area (Å²) in [7, 11) is 0. The average molecular weight is 323 g/mol. The van der Waals surface area contributed by atoms with Crippen LogP contribution in [0.4, 0.5) is 5.69 Å². The molecule has 1 atom stereocenters. The second-order valence-electron chi connectivity index (χ2n) is 6.52. The Hall–Kier alpha value is -2.70. The molecule has 0 spiro atoms. The van der Waals surface area contributed by atoms with E-state index in [2.05, 4.69) is 63.1 Å². The normalized spacial score (nSPS) is 15.5. The van der Waals surface area contributed by atoms with Gasteiger partial charge in [0.05, 0.1) is 18.3 Å². The molecule has 1 unspecified atom stereocenters. The summed E-state index contributed by atoms with van der Waals surface area (Å²) < 4.78 is 1.95. The lowest BCUT2D eigenvalue weighted by atomic mass is 10.1. The van der Waals surface area contributed by atoms with Gasteiger partial charge in [-0.1, -0.05) is 6.07 Å². The highest BCUT2D eigenvalue weighted by Crippen LogP contribution is 2.37. The molecule has 0 radical (unpaired) electrons. The zero-order valence-corrected chi connectivity index (χ0v) is 14.1. The Morgan fingerprint density at radius 3 is 2.83 bits per heavy atom. The topological polar surface area (TPSA) is 84.3 Å². The molecule has 7 nitrogen and oxygen atoms in total. The van der Waals surface area contributed by atoms with Gasteiger partial charge in [-0.05, 0) is 61.7 Å². The van der Waals surface area contributed by atoms with Crippen LogP contribution in [0.15, 0.2) is 24.4 Å². The molecule has 0 bridgehead atoms. The van der Waals surface area contributed by atoms with E-state index in [1.807, 2.05) is 17.8 Å². The summed E-state index contributed by atoms with van der Waals surface area (Å²) in [6, 6.07) is 6.96.